The number of ether oxygens (including phenoxy) is 2. The van der Waals surface area contributed by atoms with Crippen molar-refractivity contribution in [3.05, 3.63) is 16.0 Å². The molecule has 0 fully saturated rings. The number of carbonyl (C=O) groups is 3. The van der Waals surface area contributed by atoms with Crippen LogP contribution in [0, 0.1) is 0 Å². The first-order valence-corrected chi connectivity index (χ1v) is 7.71. The van der Waals surface area contributed by atoms with Crippen LogP contribution >= 0.6 is 11.3 Å². The van der Waals surface area contributed by atoms with E-state index in [1.807, 2.05) is 0 Å². The van der Waals surface area contributed by atoms with E-state index >= 15 is 0 Å². The minimum atomic E-state index is -0.481. The lowest BCUT2D eigenvalue weighted by Gasteiger charge is -2.26. The van der Waals surface area contributed by atoms with Gasteiger partial charge in [-0.3, -0.25) is 4.79 Å². The highest BCUT2D eigenvalue weighted by Gasteiger charge is 2.30. The molecule has 2 amide bonds. The molecule has 1 aromatic rings. The van der Waals surface area contributed by atoms with Crippen LogP contribution < -0.4 is 5.32 Å². The van der Waals surface area contributed by atoms with E-state index in [-0.39, 0.29) is 12.0 Å². The van der Waals surface area contributed by atoms with Crippen molar-refractivity contribution in [1.29, 1.82) is 0 Å². The highest BCUT2D eigenvalue weighted by Crippen LogP contribution is 2.37. The monoisotopic (exact) mass is 326 g/mol. The normalized spacial score (nSPS) is 13.3. The molecule has 0 bridgehead atoms. The molecule has 0 saturated carbocycles. The van der Waals surface area contributed by atoms with E-state index in [1.165, 1.54) is 25.4 Å². The van der Waals surface area contributed by atoms with Gasteiger partial charge in [-0.05, 0) is 18.9 Å². The summed E-state index contributed by atoms with van der Waals surface area (Å²) in [6, 6.07) is 0. The van der Waals surface area contributed by atoms with Crippen LogP contribution in [0.15, 0.2) is 0 Å². The molecular weight excluding hydrogens is 308 g/mol. The zero-order chi connectivity index (χ0) is 16.3. The molecule has 2 rings (SSSR count). The molecule has 1 aromatic heterocycles. The number of rotatable bonds is 3. The first kappa shape index (κ1) is 16.3. The summed E-state index contributed by atoms with van der Waals surface area (Å²) in [4.78, 5) is 37.6. The minimum absolute atomic E-state index is 0.258. The summed E-state index contributed by atoms with van der Waals surface area (Å²) in [7, 11) is 1.30. The Kier molecular flexibility index (Phi) is 5.02. The lowest BCUT2D eigenvalue weighted by atomic mass is 10.0. The lowest BCUT2D eigenvalue weighted by Crippen LogP contribution is -2.36. The van der Waals surface area contributed by atoms with E-state index in [0.717, 1.165) is 10.4 Å². The summed E-state index contributed by atoms with van der Waals surface area (Å²) >= 11 is 1.29. The highest BCUT2D eigenvalue weighted by atomic mass is 32.1. The molecule has 1 N–H and O–H groups in total. The van der Waals surface area contributed by atoms with E-state index in [2.05, 4.69) is 5.32 Å². The molecule has 0 spiro atoms. The number of thiophene rings is 1. The molecule has 0 aromatic carbocycles. The third-order valence-electron chi connectivity index (χ3n) is 3.26. The average molecular weight is 326 g/mol. The van der Waals surface area contributed by atoms with Crippen LogP contribution in [-0.2, 0) is 27.2 Å². The molecule has 22 heavy (non-hydrogen) atoms. The highest BCUT2D eigenvalue weighted by molar-refractivity contribution is 7.17. The smallest absolute Gasteiger partial charge is 0.410 e. The predicted molar refractivity (Wildman–Crippen MR) is 81.1 cm³/mol. The number of hydrogen-bond donors (Lipinski definition) is 1. The Balaban J connectivity index is 2.33. The molecule has 1 aliphatic heterocycles. The molecule has 0 aliphatic carbocycles. The first-order chi connectivity index (χ1) is 10.5. The van der Waals surface area contributed by atoms with Gasteiger partial charge in [0.05, 0.1) is 25.8 Å². The molecule has 0 saturated heterocycles. The number of methoxy groups -OCH3 is 1. The van der Waals surface area contributed by atoms with Crippen LogP contribution in [0.3, 0.4) is 0 Å². The van der Waals surface area contributed by atoms with Gasteiger partial charge < -0.3 is 19.7 Å². The molecule has 8 heteroatoms. The Bertz CT molecular complexity index is 611. The largest absolute Gasteiger partial charge is 0.465 e. The van der Waals surface area contributed by atoms with Crippen LogP contribution in [0.2, 0.25) is 0 Å². The summed E-state index contributed by atoms with van der Waals surface area (Å²) in [5.41, 5.74) is 1.22. The second-order valence-electron chi connectivity index (χ2n) is 4.75. The van der Waals surface area contributed by atoms with Crippen molar-refractivity contribution in [3.63, 3.8) is 0 Å². The van der Waals surface area contributed by atoms with E-state index in [0.29, 0.717) is 36.7 Å². The molecular formula is C14H18N2O5S. The quantitative estimate of drug-likeness (QED) is 0.859. The lowest BCUT2D eigenvalue weighted by molar-refractivity contribution is -0.114. The Hall–Kier alpha value is -2.09. The minimum Gasteiger partial charge on any atom is -0.465 e. The topological polar surface area (TPSA) is 84.9 Å². The summed E-state index contributed by atoms with van der Waals surface area (Å²) in [5, 5.41) is 3.13. The van der Waals surface area contributed by atoms with Gasteiger partial charge in [-0.15, -0.1) is 11.3 Å². The van der Waals surface area contributed by atoms with Gasteiger partial charge in [-0.25, -0.2) is 9.59 Å². The van der Waals surface area contributed by atoms with Gasteiger partial charge in [0.1, 0.15) is 5.00 Å². The molecule has 7 nitrogen and oxygen atoms in total. The van der Waals surface area contributed by atoms with Crippen molar-refractivity contribution in [1.82, 2.24) is 4.90 Å². The second kappa shape index (κ2) is 6.78. The Morgan fingerprint density at radius 1 is 1.36 bits per heavy atom. The van der Waals surface area contributed by atoms with Crippen molar-refractivity contribution in [3.8, 4) is 0 Å². The molecule has 0 unspecified atom stereocenters. The number of nitrogens with zero attached hydrogens (tertiary/aromatic N) is 1. The standard InChI is InChI=1S/C14H18N2O5S/c1-4-21-14(19)16-6-5-9-10(7-16)22-12(15-8(2)17)11(9)13(18)20-3/h4-7H2,1-3H3,(H,15,17). The number of nitrogens with one attached hydrogen (secondary N) is 1. The van der Waals surface area contributed by atoms with Crippen LogP contribution in [-0.4, -0.2) is 43.1 Å². The maximum absolute atomic E-state index is 12.0. The number of carbonyl (C=O) groups excluding carboxylic acids is 3. The van der Waals surface area contributed by atoms with Crippen molar-refractivity contribution in [2.45, 2.75) is 26.8 Å². The Labute approximate surface area is 132 Å². The average Bonchev–Trinajstić information content (AvgIpc) is 2.82. The third kappa shape index (κ3) is 3.22. The number of hydrogen-bond acceptors (Lipinski definition) is 6. The van der Waals surface area contributed by atoms with Gasteiger partial charge in [0, 0.05) is 18.3 Å². The predicted octanol–water partition coefficient (Wildman–Crippen LogP) is 2.01. The van der Waals surface area contributed by atoms with Crippen LogP contribution in [0.4, 0.5) is 9.80 Å². The molecule has 120 valence electrons. The van der Waals surface area contributed by atoms with E-state index in [9.17, 15) is 14.4 Å². The molecule has 2 heterocycles. The molecule has 0 radical (unpaired) electrons. The van der Waals surface area contributed by atoms with Gasteiger partial charge >= 0.3 is 12.1 Å². The Morgan fingerprint density at radius 2 is 2.09 bits per heavy atom. The van der Waals surface area contributed by atoms with Crippen molar-refractivity contribution in [2.24, 2.45) is 0 Å². The van der Waals surface area contributed by atoms with E-state index in [4.69, 9.17) is 9.47 Å². The van der Waals surface area contributed by atoms with Crippen molar-refractivity contribution in [2.75, 3.05) is 25.6 Å². The number of esters is 1. The van der Waals surface area contributed by atoms with E-state index < -0.39 is 5.97 Å². The Morgan fingerprint density at radius 3 is 2.68 bits per heavy atom. The maximum atomic E-state index is 12.0. The van der Waals surface area contributed by atoms with E-state index in [1.54, 1.807) is 11.8 Å². The summed E-state index contributed by atoms with van der Waals surface area (Å²) in [5.74, 6) is -0.739. The number of anilines is 1. The number of amides is 2. The van der Waals surface area contributed by atoms with Gasteiger partial charge in [-0.1, -0.05) is 0 Å². The van der Waals surface area contributed by atoms with Crippen molar-refractivity contribution < 1.29 is 23.9 Å². The van der Waals surface area contributed by atoms with Crippen LogP contribution in [0.25, 0.3) is 0 Å². The van der Waals surface area contributed by atoms with Gasteiger partial charge in [0.25, 0.3) is 0 Å². The first-order valence-electron chi connectivity index (χ1n) is 6.90. The van der Waals surface area contributed by atoms with Crippen molar-refractivity contribution >= 4 is 34.3 Å². The summed E-state index contributed by atoms with van der Waals surface area (Å²) < 4.78 is 9.80. The maximum Gasteiger partial charge on any atom is 0.410 e. The fraction of sp³-hybridized carbons (Fsp3) is 0.500. The molecule has 0 atom stereocenters. The third-order valence-corrected chi connectivity index (χ3v) is 4.39. The zero-order valence-corrected chi connectivity index (χ0v) is 13.5. The van der Waals surface area contributed by atoms with Crippen LogP contribution in [0.1, 0.15) is 34.6 Å². The SMILES string of the molecule is CCOC(=O)N1CCc2c(sc(NC(C)=O)c2C(=O)OC)C1. The molecule has 1 aliphatic rings. The zero-order valence-electron chi connectivity index (χ0n) is 12.7. The van der Waals surface area contributed by atoms with Crippen LogP contribution in [0.5, 0.6) is 0 Å². The fourth-order valence-electron chi connectivity index (χ4n) is 2.34. The second-order valence-corrected chi connectivity index (χ2v) is 5.86. The van der Waals surface area contributed by atoms with Gasteiger partial charge in [-0.2, -0.15) is 0 Å². The fourth-order valence-corrected chi connectivity index (χ4v) is 3.64. The number of fused-ring (bicyclic) bond motifs is 1. The van der Waals surface area contributed by atoms with Gasteiger partial charge in [0.15, 0.2) is 0 Å². The summed E-state index contributed by atoms with van der Waals surface area (Å²) in [6.07, 6.45) is 0.150. The van der Waals surface area contributed by atoms with Gasteiger partial charge in [0.2, 0.25) is 5.91 Å². The summed E-state index contributed by atoms with van der Waals surface area (Å²) in [6.45, 7) is 4.28.